The van der Waals surface area contributed by atoms with Crippen LogP contribution in [-0.2, 0) is 19.7 Å². The second-order valence-electron chi connectivity index (χ2n) is 4.52. The van der Waals surface area contributed by atoms with E-state index in [1.54, 1.807) is 18.2 Å². The maximum Gasteiger partial charge on any atom is 0.324 e. The minimum atomic E-state index is -0.738. The fourth-order valence-corrected chi connectivity index (χ4v) is 3.02. The molecule has 19 heavy (non-hydrogen) atoms. The third kappa shape index (κ3) is 2.63. The van der Waals surface area contributed by atoms with Gasteiger partial charge in [-0.3, -0.25) is 14.4 Å². The van der Waals surface area contributed by atoms with E-state index in [0.29, 0.717) is 18.4 Å². The Kier molecular flexibility index (Phi) is 3.62. The SMILES string of the molecule is CC(=O)OC(=O)C1(c2ccc(C(N)=O)cc2I)CC1. The fourth-order valence-electron chi connectivity index (χ4n) is 1.99. The van der Waals surface area contributed by atoms with Crippen LogP contribution in [0.4, 0.5) is 0 Å². The number of hydrogen-bond acceptors (Lipinski definition) is 4. The summed E-state index contributed by atoms with van der Waals surface area (Å²) in [4.78, 5) is 33.9. The van der Waals surface area contributed by atoms with Crippen LogP contribution in [0.3, 0.4) is 0 Å². The second-order valence-corrected chi connectivity index (χ2v) is 5.68. The van der Waals surface area contributed by atoms with Gasteiger partial charge in [-0.1, -0.05) is 6.07 Å². The van der Waals surface area contributed by atoms with Gasteiger partial charge in [0.05, 0.1) is 5.41 Å². The summed E-state index contributed by atoms with van der Waals surface area (Å²) in [5.74, 6) is -1.65. The normalized spacial score (nSPS) is 15.7. The van der Waals surface area contributed by atoms with E-state index in [9.17, 15) is 14.4 Å². The van der Waals surface area contributed by atoms with Crippen LogP contribution < -0.4 is 5.73 Å². The summed E-state index contributed by atoms with van der Waals surface area (Å²) in [5.41, 5.74) is 5.64. The summed E-state index contributed by atoms with van der Waals surface area (Å²) in [6.45, 7) is 1.20. The molecule has 1 saturated carbocycles. The lowest BCUT2D eigenvalue weighted by molar-refractivity contribution is -0.160. The Morgan fingerprint density at radius 1 is 1.32 bits per heavy atom. The van der Waals surface area contributed by atoms with Crippen LogP contribution in [-0.4, -0.2) is 17.8 Å². The lowest BCUT2D eigenvalue weighted by atomic mass is 9.95. The zero-order valence-corrected chi connectivity index (χ0v) is 12.4. The Labute approximate surface area is 123 Å². The predicted molar refractivity (Wildman–Crippen MR) is 75.4 cm³/mol. The summed E-state index contributed by atoms with van der Waals surface area (Å²) in [7, 11) is 0. The van der Waals surface area contributed by atoms with Gasteiger partial charge in [0.15, 0.2) is 0 Å². The molecule has 1 aliphatic rings. The van der Waals surface area contributed by atoms with E-state index in [4.69, 9.17) is 10.5 Å². The number of halogens is 1. The second kappa shape index (κ2) is 4.92. The number of esters is 2. The van der Waals surface area contributed by atoms with Crippen LogP contribution >= 0.6 is 22.6 Å². The van der Waals surface area contributed by atoms with E-state index in [1.807, 2.05) is 0 Å². The number of hydrogen-bond donors (Lipinski definition) is 1. The maximum absolute atomic E-state index is 12.0. The van der Waals surface area contributed by atoms with Crippen molar-refractivity contribution in [2.75, 3.05) is 0 Å². The van der Waals surface area contributed by atoms with Crippen LogP contribution in [0.15, 0.2) is 18.2 Å². The van der Waals surface area contributed by atoms with Gasteiger partial charge in [0.2, 0.25) is 5.91 Å². The zero-order chi connectivity index (χ0) is 14.2. The molecule has 1 aromatic rings. The van der Waals surface area contributed by atoms with Gasteiger partial charge in [-0.05, 0) is 53.1 Å². The molecule has 1 aromatic carbocycles. The molecule has 1 aliphatic carbocycles. The van der Waals surface area contributed by atoms with Crippen LogP contribution in [0.5, 0.6) is 0 Å². The summed E-state index contributed by atoms with van der Waals surface area (Å²) >= 11 is 2.05. The van der Waals surface area contributed by atoms with Crippen LogP contribution in [0.2, 0.25) is 0 Å². The number of benzene rings is 1. The fraction of sp³-hybridized carbons (Fsp3) is 0.308. The number of nitrogens with two attached hydrogens (primary N) is 1. The number of carbonyl (C=O) groups is 3. The van der Waals surface area contributed by atoms with Crippen molar-refractivity contribution < 1.29 is 19.1 Å². The zero-order valence-electron chi connectivity index (χ0n) is 10.2. The number of ether oxygens (including phenoxy) is 1. The first-order valence-corrected chi connectivity index (χ1v) is 6.77. The molecule has 0 spiro atoms. The quantitative estimate of drug-likeness (QED) is 0.495. The maximum atomic E-state index is 12.0. The van der Waals surface area contributed by atoms with Gasteiger partial charge in [0.1, 0.15) is 0 Å². The van der Waals surface area contributed by atoms with E-state index in [0.717, 1.165) is 9.13 Å². The Morgan fingerprint density at radius 2 is 1.95 bits per heavy atom. The van der Waals surface area contributed by atoms with Crippen molar-refractivity contribution in [1.82, 2.24) is 0 Å². The molecule has 5 nitrogen and oxygen atoms in total. The van der Waals surface area contributed by atoms with Gasteiger partial charge in [-0.2, -0.15) is 0 Å². The van der Waals surface area contributed by atoms with Crippen LogP contribution in [0.25, 0.3) is 0 Å². The molecule has 0 aromatic heterocycles. The molecule has 2 rings (SSSR count). The molecule has 0 bridgehead atoms. The Morgan fingerprint density at radius 3 is 2.37 bits per heavy atom. The average Bonchev–Trinajstić information content (AvgIpc) is 3.09. The van der Waals surface area contributed by atoms with E-state index < -0.39 is 23.3 Å². The van der Waals surface area contributed by atoms with Crippen molar-refractivity contribution in [3.05, 3.63) is 32.9 Å². The van der Waals surface area contributed by atoms with Crippen LogP contribution in [0.1, 0.15) is 35.7 Å². The minimum Gasteiger partial charge on any atom is -0.393 e. The van der Waals surface area contributed by atoms with Gasteiger partial charge in [-0.15, -0.1) is 0 Å². The smallest absolute Gasteiger partial charge is 0.324 e. The molecule has 0 radical (unpaired) electrons. The summed E-state index contributed by atoms with van der Waals surface area (Å²) in [6, 6.07) is 4.93. The lowest BCUT2D eigenvalue weighted by Crippen LogP contribution is -2.26. The Balaban J connectivity index is 2.34. The first kappa shape index (κ1) is 14.0. The highest BCUT2D eigenvalue weighted by atomic mass is 127. The van der Waals surface area contributed by atoms with Gasteiger partial charge in [0.25, 0.3) is 0 Å². The highest BCUT2D eigenvalue weighted by molar-refractivity contribution is 14.1. The topological polar surface area (TPSA) is 86.5 Å². The highest BCUT2D eigenvalue weighted by Crippen LogP contribution is 2.50. The van der Waals surface area contributed by atoms with Crippen molar-refractivity contribution >= 4 is 40.4 Å². The monoisotopic (exact) mass is 373 g/mol. The van der Waals surface area contributed by atoms with E-state index in [1.165, 1.54) is 6.92 Å². The van der Waals surface area contributed by atoms with Crippen molar-refractivity contribution in [1.29, 1.82) is 0 Å². The van der Waals surface area contributed by atoms with Crippen molar-refractivity contribution in [2.24, 2.45) is 5.73 Å². The molecule has 0 atom stereocenters. The molecule has 0 unspecified atom stereocenters. The lowest BCUT2D eigenvalue weighted by Gasteiger charge is -2.15. The molecule has 1 amide bonds. The molecule has 6 heteroatoms. The molecular formula is C13H12INO4. The molecule has 0 aliphatic heterocycles. The molecule has 0 heterocycles. The minimum absolute atomic E-state index is 0.392. The summed E-state index contributed by atoms with van der Waals surface area (Å²) in [5, 5.41) is 0. The molecule has 2 N–H and O–H groups in total. The molecule has 0 saturated heterocycles. The third-order valence-corrected chi connectivity index (χ3v) is 4.04. The van der Waals surface area contributed by atoms with Crippen molar-refractivity contribution in [3.63, 3.8) is 0 Å². The number of carbonyl (C=O) groups excluding carboxylic acids is 3. The van der Waals surface area contributed by atoms with Gasteiger partial charge >= 0.3 is 11.9 Å². The third-order valence-electron chi connectivity index (χ3n) is 3.15. The van der Waals surface area contributed by atoms with Gasteiger partial charge in [-0.25, -0.2) is 0 Å². The van der Waals surface area contributed by atoms with E-state index in [-0.39, 0.29) is 0 Å². The van der Waals surface area contributed by atoms with Crippen molar-refractivity contribution in [3.8, 4) is 0 Å². The van der Waals surface area contributed by atoms with Gasteiger partial charge < -0.3 is 10.5 Å². The largest absolute Gasteiger partial charge is 0.393 e. The Bertz CT molecular complexity index is 578. The standard InChI is InChI=1S/C13H12INO4/c1-7(16)19-12(18)13(4-5-13)9-3-2-8(11(15)17)6-10(9)14/h2-3,6H,4-5H2,1H3,(H2,15,17). The van der Waals surface area contributed by atoms with E-state index >= 15 is 0 Å². The Hall–Kier alpha value is -1.44. The first-order valence-electron chi connectivity index (χ1n) is 5.69. The van der Waals surface area contributed by atoms with Crippen molar-refractivity contribution in [2.45, 2.75) is 25.2 Å². The summed E-state index contributed by atoms with van der Waals surface area (Å²) < 4.78 is 5.46. The predicted octanol–water partition coefficient (Wildman–Crippen LogP) is 1.51. The number of primary amides is 1. The average molecular weight is 373 g/mol. The molecule has 1 fully saturated rings. The first-order chi connectivity index (χ1) is 8.86. The number of amides is 1. The highest BCUT2D eigenvalue weighted by Gasteiger charge is 2.54. The number of rotatable bonds is 3. The summed E-state index contributed by atoms with van der Waals surface area (Å²) in [6.07, 6.45) is 1.29. The van der Waals surface area contributed by atoms with E-state index in [2.05, 4.69) is 22.6 Å². The molecular weight excluding hydrogens is 361 g/mol. The molecule has 100 valence electrons. The van der Waals surface area contributed by atoms with Gasteiger partial charge in [0, 0.05) is 16.1 Å². The van der Waals surface area contributed by atoms with Crippen LogP contribution in [0, 0.1) is 3.57 Å².